The first-order valence-electron chi connectivity index (χ1n) is 7.64. The molecule has 1 N–H and O–H groups in total. The molecule has 0 spiro atoms. The highest BCUT2D eigenvalue weighted by molar-refractivity contribution is 7.91. The first-order chi connectivity index (χ1) is 9.96. The number of rotatable bonds is 9. The molecule has 0 heterocycles. The fraction of sp³-hybridized carbons (Fsp3) is 0.625. The summed E-state index contributed by atoms with van der Waals surface area (Å²) >= 11 is 6.10. The monoisotopic (exact) mass is 331 g/mol. The Labute approximate surface area is 134 Å². The Morgan fingerprint density at radius 1 is 1.19 bits per heavy atom. The summed E-state index contributed by atoms with van der Waals surface area (Å²) in [6.07, 6.45) is 2.45. The fourth-order valence-electron chi connectivity index (χ4n) is 2.72. The number of hydrogen-bond donors (Lipinski definition) is 1. The van der Waals surface area contributed by atoms with E-state index in [1.54, 1.807) is 12.1 Å². The van der Waals surface area contributed by atoms with Gasteiger partial charge in [-0.1, -0.05) is 57.0 Å². The summed E-state index contributed by atoms with van der Waals surface area (Å²) in [5.74, 6) is 0.0107. The molecule has 0 aromatic heterocycles. The second-order valence-corrected chi connectivity index (χ2v) is 7.93. The molecule has 1 aromatic carbocycles. The number of sulfone groups is 1. The van der Waals surface area contributed by atoms with Crippen LogP contribution >= 0.6 is 11.6 Å². The summed E-state index contributed by atoms with van der Waals surface area (Å²) < 4.78 is 25.6. The third-order valence-corrected chi connectivity index (χ3v) is 6.36. The number of nitrogens with one attached hydrogen (secondary N) is 1. The van der Waals surface area contributed by atoms with E-state index in [0.29, 0.717) is 17.0 Å². The summed E-state index contributed by atoms with van der Waals surface area (Å²) in [4.78, 5) is 0. The summed E-state index contributed by atoms with van der Waals surface area (Å²) in [5.41, 5.74) is 0.685. The maximum atomic E-state index is 12.8. The van der Waals surface area contributed by atoms with E-state index in [4.69, 9.17) is 11.6 Å². The van der Waals surface area contributed by atoms with Gasteiger partial charge in [0.05, 0.1) is 11.0 Å². The van der Waals surface area contributed by atoms with Gasteiger partial charge in [0, 0.05) is 11.1 Å². The quantitative estimate of drug-likeness (QED) is 0.748. The lowest BCUT2D eigenvalue weighted by atomic mass is 10.1. The van der Waals surface area contributed by atoms with Gasteiger partial charge in [-0.05, 0) is 31.0 Å². The minimum Gasteiger partial charge on any atom is -0.313 e. The molecule has 3 nitrogen and oxygen atoms in total. The average Bonchev–Trinajstić information content (AvgIpc) is 2.42. The van der Waals surface area contributed by atoms with Crippen LogP contribution in [0.5, 0.6) is 0 Å². The second-order valence-electron chi connectivity index (χ2n) is 5.30. The Hall–Kier alpha value is -0.580. The lowest BCUT2D eigenvalue weighted by molar-refractivity contribution is 0.445. The second kappa shape index (κ2) is 8.76. The van der Waals surface area contributed by atoms with Gasteiger partial charge in [-0.25, -0.2) is 8.42 Å². The van der Waals surface area contributed by atoms with Crippen molar-refractivity contribution in [3.8, 4) is 0 Å². The maximum Gasteiger partial charge on any atom is 0.158 e. The number of benzene rings is 1. The molecule has 0 aliphatic rings. The molecule has 0 saturated heterocycles. The van der Waals surface area contributed by atoms with Crippen LogP contribution in [0.25, 0.3) is 0 Å². The zero-order valence-corrected chi connectivity index (χ0v) is 14.7. The molecule has 21 heavy (non-hydrogen) atoms. The van der Waals surface area contributed by atoms with Gasteiger partial charge in [-0.2, -0.15) is 0 Å². The molecule has 0 aliphatic carbocycles. The molecular formula is C16H26ClNO2S. The van der Waals surface area contributed by atoms with Gasteiger partial charge in [-0.15, -0.1) is 0 Å². The van der Waals surface area contributed by atoms with Crippen LogP contribution in [0, 0.1) is 0 Å². The van der Waals surface area contributed by atoms with E-state index in [1.807, 2.05) is 26.0 Å². The molecular weight excluding hydrogens is 306 g/mol. The highest BCUT2D eigenvalue weighted by Gasteiger charge is 2.31. The third-order valence-electron chi connectivity index (χ3n) is 3.69. The SMILES string of the molecule is CCCC(NCC)C(CC)S(=O)(=O)Cc1ccccc1Cl. The van der Waals surface area contributed by atoms with Gasteiger partial charge in [-0.3, -0.25) is 0 Å². The van der Waals surface area contributed by atoms with E-state index < -0.39 is 9.84 Å². The van der Waals surface area contributed by atoms with E-state index in [0.717, 1.165) is 19.4 Å². The molecule has 2 atom stereocenters. The Morgan fingerprint density at radius 2 is 1.86 bits per heavy atom. The Morgan fingerprint density at radius 3 is 2.38 bits per heavy atom. The predicted octanol–water partition coefficient (Wildman–Crippen LogP) is 3.81. The lowest BCUT2D eigenvalue weighted by Gasteiger charge is -2.27. The van der Waals surface area contributed by atoms with E-state index >= 15 is 0 Å². The first-order valence-corrected chi connectivity index (χ1v) is 9.73. The van der Waals surface area contributed by atoms with Crippen LogP contribution in [0.2, 0.25) is 5.02 Å². The summed E-state index contributed by atoms with van der Waals surface area (Å²) in [7, 11) is -3.24. The Bertz CT molecular complexity index is 525. The van der Waals surface area contributed by atoms with Gasteiger partial charge in [0.2, 0.25) is 0 Å². The van der Waals surface area contributed by atoms with Crippen molar-refractivity contribution in [3.63, 3.8) is 0 Å². The van der Waals surface area contributed by atoms with Gasteiger partial charge < -0.3 is 5.32 Å². The van der Waals surface area contributed by atoms with Crippen molar-refractivity contribution in [1.29, 1.82) is 0 Å². The average molecular weight is 332 g/mol. The van der Waals surface area contributed by atoms with Crippen molar-refractivity contribution in [2.75, 3.05) is 6.54 Å². The Kier molecular flexibility index (Phi) is 7.71. The third kappa shape index (κ3) is 5.28. The normalized spacial score (nSPS) is 14.9. The summed E-state index contributed by atoms with van der Waals surface area (Å²) in [5, 5.41) is 3.48. The van der Waals surface area contributed by atoms with Crippen molar-refractivity contribution >= 4 is 21.4 Å². The molecule has 0 fully saturated rings. The standard InChI is InChI=1S/C16H26ClNO2S/c1-4-9-15(18-6-3)16(5-2)21(19,20)12-13-10-7-8-11-14(13)17/h7-8,10-11,15-16,18H,4-6,9,12H2,1-3H3. The highest BCUT2D eigenvalue weighted by Crippen LogP contribution is 2.23. The highest BCUT2D eigenvalue weighted by atomic mass is 35.5. The van der Waals surface area contributed by atoms with Crippen LogP contribution in [-0.4, -0.2) is 26.3 Å². The smallest absolute Gasteiger partial charge is 0.158 e. The number of halogens is 1. The van der Waals surface area contributed by atoms with Gasteiger partial charge in [0.1, 0.15) is 0 Å². The topological polar surface area (TPSA) is 46.2 Å². The van der Waals surface area contributed by atoms with Gasteiger partial charge in [0.15, 0.2) is 9.84 Å². The molecule has 0 aliphatic heterocycles. The lowest BCUT2D eigenvalue weighted by Crippen LogP contribution is -2.44. The van der Waals surface area contributed by atoms with E-state index in [9.17, 15) is 8.42 Å². The van der Waals surface area contributed by atoms with Crippen molar-refractivity contribution in [1.82, 2.24) is 5.32 Å². The minimum absolute atomic E-state index is 0.0107. The fourth-order valence-corrected chi connectivity index (χ4v) is 5.14. The van der Waals surface area contributed by atoms with Crippen LogP contribution in [0.15, 0.2) is 24.3 Å². The molecule has 0 radical (unpaired) electrons. The number of hydrogen-bond acceptors (Lipinski definition) is 3. The molecule has 1 rings (SSSR count). The van der Waals surface area contributed by atoms with Gasteiger partial charge in [0.25, 0.3) is 0 Å². The van der Waals surface area contributed by atoms with Crippen LogP contribution in [-0.2, 0) is 15.6 Å². The molecule has 0 amide bonds. The molecule has 0 saturated carbocycles. The zero-order chi connectivity index (χ0) is 15.9. The zero-order valence-electron chi connectivity index (χ0n) is 13.1. The predicted molar refractivity (Wildman–Crippen MR) is 90.5 cm³/mol. The van der Waals surface area contributed by atoms with Crippen molar-refractivity contribution < 1.29 is 8.42 Å². The molecule has 0 bridgehead atoms. The molecule has 5 heteroatoms. The minimum atomic E-state index is -3.24. The van der Waals surface area contributed by atoms with Crippen LogP contribution in [0.1, 0.15) is 45.6 Å². The van der Waals surface area contributed by atoms with Crippen molar-refractivity contribution in [3.05, 3.63) is 34.9 Å². The maximum absolute atomic E-state index is 12.8. The molecule has 1 aromatic rings. The molecule has 120 valence electrons. The summed E-state index contributed by atoms with van der Waals surface area (Å²) in [6.45, 7) is 6.81. The first kappa shape index (κ1) is 18.5. The van der Waals surface area contributed by atoms with E-state index in [1.165, 1.54) is 0 Å². The van der Waals surface area contributed by atoms with Crippen LogP contribution in [0.3, 0.4) is 0 Å². The summed E-state index contributed by atoms with van der Waals surface area (Å²) in [6, 6.07) is 7.17. The van der Waals surface area contributed by atoms with Crippen molar-refractivity contribution in [2.45, 2.75) is 57.1 Å². The van der Waals surface area contributed by atoms with Crippen LogP contribution in [0.4, 0.5) is 0 Å². The van der Waals surface area contributed by atoms with Crippen LogP contribution < -0.4 is 5.32 Å². The largest absolute Gasteiger partial charge is 0.313 e. The van der Waals surface area contributed by atoms with Crippen molar-refractivity contribution in [2.24, 2.45) is 0 Å². The Balaban J connectivity index is 2.98. The van der Waals surface area contributed by atoms with E-state index in [-0.39, 0.29) is 17.0 Å². The molecule has 2 unspecified atom stereocenters. The van der Waals surface area contributed by atoms with Gasteiger partial charge >= 0.3 is 0 Å². The van der Waals surface area contributed by atoms with E-state index in [2.05, 4.69) is 12.2 Å².